The maximum atomic E-state index is 15.1. The number of phenols is 1. The van der Waals surface area contributed by atoms with Gasteiger partial charge in [-0.1, -0.05) is 53.6 Å². The number of phenolic OH excluding ortho intramolecular Hbond substituents is 1. The van der Waals surface area contributed by atoms with Crippen LogP contribution in [0.15, 0.2) is 109 Å². The minimum atomic E-state index is -1.63. The standard InChI is InChI=1S/C38H28ClFN4O7/c39-21-7-5-20(6-8-21)38-30(35(47)43(37(38)49)41-23-11-9-22(40)10-12-23)19-29-26(33(38)27-3-1-2-4-31(27)45)17-18-28-32(29)36(48)42(34(28)46)24-13-15-25(16-14-24)44(50)51/h1-17,28-30,32-33,41,45H,18-19H2. The van der Waals surface area contributed by atoms with Crippen LogP contribution in [0, 0.1) is 39.6 Å². The Labute approximate surface area is 295 Å². The predicted molar refractivity (Wildman–Crippen MR) is 183 cm³/mol. The van der Waals surface area contributed by atoms with Crippen molar-refractivity contribution in [2.24, 2.45) is 23.7 Å². The van der Waals surface area contributed by atoms with Gasteiger partial charge in [-0.2, -0.15) is 5.01 Å². The van der Waals surface area contributed by atoms with Gasteiger partial charge in [-0.15, -0.1) is 0 Å². The molecule has 0 radical (unpaired) electrons. The molecule has 4 aromatic carbocycles. The molecule has 4 aromatic rings. The first-order chi connectivity index (χ1) is 24.5. The molecule has 0 bridgehead atoms. The number of halogens is 2. The number of aromatic hydroxyl groups is 1. The second-order valence-electron chi connectivity index (χ2n) is 13.2. The molecule has 0 spiro atoms. The van der Waals surface area contributed by atoms with E-state index in [1.165, 1.54) is 54.6 Å². The Balaban J connectivity index is 1.30. The van der Waals surface area contributed by atoms with Crippen molar-refractivity contribution in [2.75, 3.05) is 10.3 Å². The number of nitrogens with zero attached hydrogens (tertiary/aromatic N) is 3. The first-order valence-electron chi connectivity index (χ1n) is 16.3. The molecule has 0 aromatic heterocycles. The summed E-state index contributed by atoms with van der Waals surface area (Å²) in [6, 6.07) is 23.5. The van der Waals surface area contributed by atoms with Gasteiger partial charge in [0.05, 0.1) is 39.5 Å². The first kappa shape index (κ1) is 32.3. The lowest BCUT2D eigenvalue weighted by atomic mass is 9.49. The number of nitro benzene ring substituents is 1. The van der Waals surface area contributed by atoms with E-state index in [0.29, 0.717) is 21.7 Å². The molecule has 4 amide bonds. The number of anilines is 2. The monoisotopic (exact) mass is 706 g/mol. The van der Waals surface area contributed by atoms with Gasteiger partial charge in [0.15, 0.2) is 0 Å². The summed E-state index contributed by atoms with van der Waals surface area (Å²) in [6.45, 7) is 0. The van der Waals surface area contributed by atoms with Gasteiger partial charge in [-0.3, -0.25) is 39.6 Å². The largest absolute Gasteiger partial charge is 0.508 e. The molecule has 13 heteroatoms. The minimum Gasteiger partial charge on any atom is -0.508 e. The van der Waals surface area contributed by atoms with Crippen molar-refractivity contribution in [3.05, 3.63) is 141 Å². The number of allylic oxidation sites excluding steroid dienone is 2. The summed E-state index contributed by atoms with van der Waals surface area (Å²) in [5, 5.41) is 24.0. The third kappa shape index (κ3) is 4.77. The lowest BCUT2D eigenvalue weighted by molar-refractivity contribution is -0.384. The van der Waals surface area contributed by atoms with Gasteiger partial charge < -0.3 is 5.11 Å². The highest BCUT2D eigenvalue weighted by Gasteiger charge is 2.70. The molecule has 2 saturated heterocycles. The Hall–Kier alpha value is -5.88. The maximum Gasteiger partial charge on any atom is 0.269 e. The molecule has 6 atom stereocenters. The quantitative estimate of drug-likeness (QED) is 0.103. The molecular weight excluding hydrogens is 679 g/mol. The highest BCUT2D eigenvalue weighted by atomic mass is 35.5. The van der Waals surface area contributed by atoms with Gasteiger partial charge >= 0.3 is 0 Å². The lowest BCUT2D eigenvalue weighted by Gasteiger charge is -2.50. The van der Waals surface area contributed by atoms with Crippen LogP contribution in [0.25, 0.3) is 0 Å². The SMILES string of the molecule is O=C1C2CC3C(=CCC4C(=O)N(c5ccc([N+](=O)[O-])cc5)C(=O)C43)C(c3ccccc3O)C2(c2ccc(Cl)cc2)C(=O)N1Nc1ccc(F)cc1. The van der Waals surface area contributed by atoms with E-state index in [0.717, 1.165) is 9.91 Å². The number of fused-ring (bicyclic) bond motifs is 4. The van der Waals surface area contributed by atoms with Gasteiger partial charge in [0.1, 0.15) is 11.6 Å². The van der Waals surface area contributed by atoms with Crippen LogP contribution in [0.2, 0.25) is 5.02 Å². The molecule has 2 aliphatic heterocycles. The van der Waals surface area contributed by atoms with E-state index in [9.17, 15) is 34.0 Å². The van der Waals surface area contributed by atoms with Crippen LogP contribution in [0.1, 0.15) is 29.9 Å². The van der Waals surface area contributed by atoms with Crippen molar-refractivity contribution < 1.29 is 33.6 Å². The summed E-state index contributed by atoms with van der Waals surface area (Å²) in [6.07, 6.45) is 2.02. The number of hydrogen-bond acceptors (Lipinski definition) is 8. The molecule has 2 N–H and O–H groups in total. The third-order valence-electron chi connectivity index (χ3n) is 10.8. The molecule has 1 saturated carbocycles. The average molecular weight is 707 g/mol. The molecule has 4 aliphatic rings. The smallest absolute Gasteiger partial charge is 0.269 e. The fourth-order valence-corrected chi connectivity index (χ4v) is 8.84. The normalized spacial score (nSPS) is 26.8. The van der Waals surface area contributed by atoms with Crippen LogP contribution in [-0.4, -0.2) is 38.7 Å². The number of nitrogens with one attached hydrogen (secondary N) is 1. The number of benzene rings is 4. The van der Waals surface area contributed by atoms with Crippen molar-refractivity contribution in [3.8, 4) is 5.75 Å². The summed E-state index contributed by atoms with van der Waals surface area (Å²) in [7, 11) is 0. The minimum absolute atomic E-state index is 0.0129. The summed E-state index contributed by atoms with van der Waals surface area (Å²) >= 11 is 6.31. The number of carbonyl (C=O) groups excluding carboxylic acids is 4. The van der Waals surface area contributed by atoms with E-state index in [1.54, 1.807) is 42.5 Å². The summed E-state index contributed by atoms with van der Waals surface area (Å²) < 4.78 is 13.8. The van der Waals surface area contributed by atoms with Crippen LogP contribution >= 0.6 is 11.6 Å². The number of nitro groups is 1. The van der Waals surface area contributed by atoms with E-state index < -0.39 is 69.4 Å². The van der Waals surface area contributed by atoms with E-state index in [2.05, 4.69) is 5.43 Å². The van der Waals surface area contributed by atoms with Gasteiger partial charge in [0, 0.05) is 28.6 Å². The molecule has 8 rings (SSSR count). The highest BCUT2D eigenvalue weighted by Crippen LogP contribution is 2.65. The zero-order chi connectivity index (χ0) is 35.8. The second kappa shape index (κ2) is 11.9. The fraction of sp³-hybridized carbons (Fsp3) is 0.211. The molecule has 3 fully saturated rings. The third-order valence-corrected chi connectivity index (χ3v) is 11.1. The fourth-order valence-electron chi connectivity index (χ4n) is 8.71. The number of hydrogen-bond donors (Lipinski definition) is 2. The Morgan fingerprint density at radius 2 is 1.55 bits per heavy atom. The van der Waals surface area contributed by atoms with Crippen LogP contribution < -0.4 is 10.3 Å². The maximum absolute atomic E-state index is 15.1. The Morgan fingerprint density at radius 1 is 0.863 bits per heavy atom. The number of amides is 4. The molecule has 2 aliphatic carbocycles. The molecule has 256 valence electrons. The van der Waals surface area contributed by atoms with Gasteiger partial charge in [0.25, 0.3) is 17.5 Å². The molecule has 11 nitrogen and oxygen atoms in total. The Bertz CT molecular complexity index is 2180. The summed E-state index contributed by atoms with van der Waals surface area (Å²) in [5.41, 5.74) is 3.00. The van der Waals surface area contributed by atoms with E-state index >= 15 is 4.79 Å². The number of hydrazine groups is 1. The number of rotatable bonds is 6. The number of imide groups is 2. The zero-order valence-corrected chi connectivity index (χ0v) is 27.4. The topological polar surface area (TPSA) is 150 Å². The zero-order valence-electron chi connectivity index (χ0n) is 26.6. The van der Waals surface area contributed by atoms with E-state index in [1.807, 2.05) is 6.08 Å². The average Bonchev–Trinajstić information content (AvgIpc) is 3.50. The van der Waals surface area contributed by atoms with Crippen molar-refractivity contribution in [1.29, 1.82) is 0 Å². The second-order valence-corrected chi connectivity index (χ2v) is 13.7. The summed E-state index contributed by atoms with van der Waals surface area (Å²) in [4.78, 5) is 69.8. The van der Waals surface area contributed by atoms with Crippen molar-refractivity contribution in [2.45, 2.75) is 24.2 Å². The van der Waals surface area contributed by atoms with Crippen LogP contribution in [0.3, 0.4) is 0 Å². The van der Waals surface area contributed by atoms with Gasteiger partial charge in [0.2, 0.25) is 11.8 Å². The van der Waals surface area contributed by atoms with E-state index in [-0.39, 0.29) is 35.7 Å². The van der Waals surface area contributed by atoms with Crippen LogP contribution in [0.4, 0.5) is 21.5 Å². The number of non-ortho nitro benzene ring substituents is 1. The number of carbonyl (C=O) groups is 4. The molecule has 6 unspecified atom stereocenters. The van der Waals surface area contributed by atoms with Gasteiger partial charge in [-0.25, -0.2) is 4.39 Å². The Kier molecular flexibility index (Phi) is 7.53. The molecule has 2 heterocycles. The lowest BCUT2D eigenvalue weighted by Crippen LogP contribution is -2.53. The van der Waals surface area contributed by atoms with Crippen molar-refractivity contribution in [1.82, 2.24) is 5.01 Å². The Morgan fingerprint density at radius 3 is 2.22 bits per heavy atom. The highest BCUT2D eigenvalue weighted by molar-refractivity contribution is 6.30. The van der Waals surface area contributed by atoms with Crippen LogP contribution in [0.5, 0.6) is 5.75 Å². The number of para-hydroxylation sites is 1. The first-order valence-corrected chi connectivity index (χ1v) is 16.7. The molecular formula is C38H28ClFN4O7. The van der Waals surface area contributed by atoms with E-state index in [4.69, 9.17) is 11.6 Å². The van der Waals surface area contributed by atoms with Gasteiger partial charge in [-0.05, 0) is 78.9 Å². The van der Waals surface area contributed by atoms with Crippen molar-refractivity contribution >= 4 is 52.3 Å². The molecule has 51 heavy (non-hydrogen) atoms. The van der Waals surface area contributed by atoms with Crippen molar-refractivity contribution in [3.63, 3.8) is 0 Å². The summed E-state index contributed by atoms with van der Waals surface area (Å²) in [5.74, 6) is -7.23. The van der Waals surface area contributed by atoms with Crippen LogP contribution in [-0.2, 0) is 24.6 Å². The predicted octanol–water partition coefficient (Wildman–Crippen LogP) is 6.28.